The minimum Gasteiger partial charge on any atom is -0.381 e. The maximum atomic E-state index is 13.0. The van der Waals surface area contributed by atoms with Gasteiger partial charge in [-0.1, -0.05) is 6.07 Å². The summed E-state index contributed by atoms with van der Waals surface area (Å²) in [5, 5.41) is 4.43. The van der Waals surface area contributed by atoms with Crippen molar-refractivity contribution in [2.24, 2.45) is 0 Å². The smallest absolute Gasteiger partial charge is 0.381 e. The number of carbonyl (C=O) groups is 2. The molecule has 0 aliphatic carbocycles. The largest absolute Gasteiger partial charge is 0.433 e. The summed E-state index contributed by atoms with van der Waals surface area (Å²) < 4.78 is 71.1. The zero-order valence-electron chi connectivity index (χ0n) is 18.1. The molecular formula is C22H20F5N5O3. The van der Waals surface area contributed by atoms with E-state index in [1.165, 1.54) is 12.3 Å². The van der Waals surface area contributed by atoms with Crippen LogP contribution in [0, 0.1) is 0 Å². The van der Waals surface area contributed by atoms with Gasteiger partial charge in [0.25, 0.3) is 18.2 Å². The number of alkyl halides is 5. The van der Waals surface area contributed by atoms with Gasteiger partial charge < -0.3 is 19.8 Å². The van der Waals surface area contributed by atoms with E-state index in [4.69, 9.17) is 4.74 Å². The summed E-state index contributed by atoms with van der Waals surface area (Å²) in [5.74, 6) is -1.80. The number of nitrogens with one attached hydrogen (secondary N) is 2. The van der Waals surface area contributed by atoms with Crippen molar-refractivity contribution < 1.29 is 36.3 Å². The maximum absolute atomic E-state index is 13.0. The Morgan fingerprint density at radius 3 is 2.54 bits per heavy atom. The van der Waals surface area contributed by atoms with Gasteiger partial charge in [-0.2, -0.15) is 13.2 Å². The molecule has 3 aromatic rings. The van der Waals surface area contributed by atoms with E-state index in [0.717, 1.165) is 36.7 Å². The summed E-state index contributed by atoms with van der Waals surface area (Å²) in [6, 6.07) is 4.15. The normalized spacial score (nSPS) is 14.9. The highest BCUT2D eigenvalue weighted by Crippen LogP contribution is 2.29. The quantitative estimate of drug-likeness (QED) is 0.504. The molecular weight excluding hydrogens is 477 g/mol. The van der Waals surface area contributed by atoms with Crippen molar-refractivity contribution in [2.45, 2.75) is 31.4 Å². The lowest BCUT2D eigenvalue weighted by molar-refractivity contribution is -0.141. The monoisotopic (exact) mass is 497 g/mol. The predicted octanol–water partition coefficient (Wildman–Crippen LogP) is 3.89. The van der Waals surface area contributed by atoms with Crippen molar-refractivity contribution in [1.82, 2.24) is 19.7 Å². The summed E-state index contributed by atoms with van der Waals surface area (Å²) in [6.07, 6.45) is -3.00. The Hall–Kier alpha value is -3.61. The fourth-order valence-electron chi connectivity index (χ4n) is 3.70. The molecule has 1 aliphatic heterocycles. The van der Waals surface area contributed by atoms with Crippen LogP contribution in [0.5, 0.6) is 0 Å². The summed E-state index contributed by atoms with van der Waals surface area (Å²) in [5.41, 5.74) is -1.01. The highest BCUT2D eigenvalue weighted by Gasteiger charge is 2.33. The summed E-state index contributed by atoms with van der Waals surface area (Å²) in [6.45, 7) is 0.227. The number of rotatable bonds is 6. The average Bonchev–Trinajstić information content (AvgIpc) is 3.25. The Morgan fingerprint density at radius 2 is 1.86 bits per heavy atom. The van der Waals surface area contributed by atoms with Gasteiger partial charge in [-0.05, 0) is 31.0 Å². The van der Waals surface area contributed by atoms with Gasteiger partial charge in [0.2, 0.25) is 0 Å². The van der Waals surface area contributed by atoms with Crippen LogP contribution in [0.1, 0.15) is 51.0 Å². The minimum atomic E-state index is -4.76. The van der Waals surface area contributed by atoms with Crippen molar-refractivity contribution in [2.75, 3.05) is 25.1 Å². The summed E-state index contributed by atoms with van der Waals surface area (Å²) in [7, 11) is 0. The van der Waals surface area contributed by atoms with Crippen molar-refractivity contribution in [3.8, 4) is 0 Å². The van der Waals surface area contributed by atoms with E-state index in [-0.39, 0.29) is 17.2 Å². The molecule has 0 aromatic carbocycles. The Bertz CT molecular complexity index is 1240. The number of amides is 2. The topological polar surface area (TPSA) is 97.6 Å². The third-order valence-corrected chi connectivity index (χ3v) is 5.43. The lowest BCUT2D eigenvalue weighted by atomic mass is 9.97. The third-order valence-electron chi connectivity index (χ3n) is 5.43. The van der Waals surface area contributed by atoms with Gasteiger partial charge in [-0.25, -0.2) is 18.7 Å². The zero-order valence-corrected chi connectivity index (χ0v) is 18.1. The lowest BCUT2D eigenvalue weighted by Crippen LogP contribution is -2.29. The van der Waals surface area contributed by atoms with Crippen LogP contribution >= 0.6 is 0 Å². The van der Waals surface area contributed by atoms with Crippen LogP contribution in [-0.4, -0.2) is 52.4 Å². The van der Waals surface area contributed by atoms with E-state index in [0.29, 0.717) is 18.9 Å². The molecule has 0 bridgehead atoms. The molecule has 1 saturated heterocycles. The molecule has 1 aliphatic rings. The highest BCUT2D eigenvalue weighted by molar-refractivity contribution is 6.08. The van der Waals surface area contributed by atoms with Crippen LogP contribution in [-0.2, 0) is 10.9 Å². The number of imidazole rings is 1. The molecule has 4 heterocycles. The molecule has 8 nitrogen and oxygen atoms in total. The van der Waals surface area contributed by atoms with Gasteiger partial charge in [0, 0.05) is 31.5 Å². The number of aromatic nitrogens is 3. The molecule has 0 radical (unpaired) electrons. The fraction of sp³-hybridized carbons (Fsp3) is 0.364. The van der Waals surface area contributed by atoms with Gasteiger partial charge in [-0.15, -0.1) is 0 Å². The molecule has 0 saturated carbocycles. The number of anilines is 1. The maximum Gasteiger partial charge on any atom is 0.433 e. The molecule has 2 amide bonds. The molecule has 35 heavy (non-hydrogen) atoms. The Labute approximate surface area is 195 Å². The first-order chi connectivity index (χ1) is 16.6. The van der Waals surface area contributed by atoms with Crippen LogP contribution in [0.2, 0.25) is 0 Å². The van der Waals surface area contributed by atoms with Gasteiger partial charge in [0.15, 0.2) is 0 Å². The van der Waals surface area contributed by atoms with Crippen LogP contribution in [0.4, 0.5) is 27.6 Å². The van der Waals surface area contributed by atoms with Crippen LogP contribution < -0.4 is 10.6 Å². The number of carbonyl (C=O) groups excluding carboxylic acids is 2. The van der Waals surface area contributed by atoms with Gasteiger partial charge >= 0.3 is 6.18 Å². The molecule has 3 aromatic heterocycles. The second-order valence-electron chi connectivity index (χ2n) is 7.88. The fourth-order valence-corrected chi connectivity index (χ4v) is 3.70. The molecule has 0 atom stereocenters. The number of hydrogen-bond donors (Lipinski definition) is 2. The second-order valence-corrected chi connectivity index (χ2v) is 7.88. The Morgan fingerprint density at radius 1 is 1.11 bits per heavy atom. The van der Waals surface area contributed by atoms with Gasteiger partial charge in [0.05, 0.1) is 23.5 Å². The van der Waals surface area contributed by atoms with Crippen molar-refractivity contribution in [1.29, 1.82) is 0 Å². The van der Waals surface area contributed by atoms with E-state index in [9.17, 15) is 31.5 Å². The first-order valence-corrected chi connectivity index (χ1v) is 10.6. The molecule has 0 spiro atoms. The third kappa shape index (κ3) is 5.73. The molecule has 4 rings (SSSR count). The molecule has 1 fully saturated rings. The second kappa shape index (κ2) is 9.94. The number of halogens is 5. The Kier molecular flexibility index (Phi) is 6.96. The molecule has 13 heteroatoms. The SMILES string of the molecule is O=C(Nc1cn2cc(C3CCOCC3)nc2cc1C(=O)NCC(F)F)c1cccc(C(F)(F)F)n1. The molecule has 186 valence electrons. The first-order valence-electron chi connectivity index (χ1n) is 10.6. The van der Waals surface area contributed by atoms with E-state index in [1.54, 1.807) is 10.6 Å². The summed E-state index contributed by atoms with van der Waals surface area (Å²) in [4.78, 5) is 33.2. The Balaban J connectivity index is 1.68. The van der Waals surface area contributed by atoms with E-state index in [1.807, 2.05) is 0 Å². The van der Waals surface area contributed by atoms with Gasteiger partial charge in [0.1, 0.15) is 17.0 Å². The van der Waals surface area contributed by atoms with E-state index in [2.05, 4.69) is 20.6 Å². The highest BCUT2D eigenvalue weighted by atomic mass is 19.4. The molecule has 0 unspecified atom stereocenters. The van der Waals surface area contributed by atoms with E-state index < -0.39 is 42.3 Å². The number of nitrogens with zero attached hydrogens (tertiary/aromatic N) is 3. The van der Waals surface area contributed by atoms with Crippen LogP contribution in [0.15, 0.2) is 36.7 Å². The van der Waals surface area contributed by atoms with Crippen molar-refractivity contribution >= 4 is 23.1 Å². The zero-order chi connectivity index (χ0) is 25.2. The summed E-state index contributed by atoms with van der Waals surface area (Å²) >= 11 is 0. The first kappa shape index (κ1) is 24.5. The van der Waals surface area contributed by atoms with Gasteiger partial charge in [-0.3, -0.25) is 9.59 Å². The number of fused-ring (bicyclic) bond motifs is 1. The van der Waals surface area contributed by atoms with Crippen molar-refractivity contribution in [3.63, 3.8) is 0 Å². The number of hydrogen-bond acceptors (Lipinski definition) is 5. The van der Waals surface area contributed by atoms with E-state index >= 15 is 0 Å². The predicted molar refractivity (Wildman–Crippen MR) is 114 cm³/mol. The molecule has 2 N–H and O–H groups in total. The standard InChI is InChI=1S/C22H20F5N5O3/c23-18(24)9-28-20(33)13-8-19-30-15(12-4-6-35-7-5-12)10-32(19)11-16(13)31-21(34)14-2-1-3-17(29-14)22(25,26)27/h1-3,8,10-12,18H,4-7,9H2,(H,28,33)(H,31,34). The van der Waals surface area contributed by atoms with Crippen LogP contribution in [0.3, 0.4) is 0 Å². The van der Waals surface area contributed by atoms with Crippen LogP contribution in [0.25, 0.3) is 5.65 Å². The lowest BCUT2D eigenvalue weighted by Gasteiger charge is -2.19. The minimum absolute atomic E-state index is 0.107. The average molecular weight is 497 g/mol. The number of pyridine rings is 2. The number of ether oxygens (including phenoxy) is 1. The van der Waals surface area contributed by atoms with Crippen molar-refractivity contribution in [3.05, 3.63) is 59.3 Å².